The van der Waals surface area contributed by atoms with Gasteiger partial charge in [0.15, 0.2) is 11.5 Å². The van der Waals surface area contributed by atoms with Gasteiger partial charge in [0.05, 0.1) is 18.9 Å². The number of nitrogens with one attached hydrogen (secondary N) is 1. The van der Waals surface area contributed by atoms with E-state index in [9.17, 15) is 14.7 Å². The zero-order valence-electron chi connectivity index (χ0n) is 11.5. The van der Waals surface area contributed by atoms with Gasteiger partial charge >= 0.3 is 11.9 Å². The van der Waals surface area contributed by atoms with E-state index < -0.39 is 18.0 Å². The summed E-state index contributed by atoms with van der Waals surface area (Å²) in [5.74, 6) is -2.55. The van der Waals surface area contributed by atoms with E-state index in [1.807, 2.05) is 0 Å². The Labute approximate surface area is 121 Å². The third-order valence-electron chi connectivity index (χ3n) is 2.33. The van der Waals surface area contributed by atoms with Crippen LogP contribution in [0.2, 0.25) is 0 Å². The third-order valence-corrected chi connectivity index (χ3v) is 2.33. The first kappa shape index (κ1) is 18.7. The molecule has 0 aromatic heterocycles. The molecule has 0 heterocycles. The van der Waals surface area contributed by atoms with Gasteiger partial charge in [-0.05, 0) is 24.7 Å². The largest absolute Gasteiger partial charge is 0.504 e. The van der Waals surface area contributed by atoms with Crippen LogP contribution in [0.15, 0.2) is 18.2 Å². The number of rotatable bonds is 6. The number of aliphatic carboxylic acids is 2. The number of hydrogen-bond donors (Lipinski definition) is 6. The van der Waals surface area contributed by atoms with Gasteiger partial charge in [-0.3, -0.25) is 9.59 Å². The Morgan fingerprint density at radius 1 is 1.10 bits per heavy atom. The van der Waals surface area contributed by atoms with Crippen molar-refractivity contribution in [3.63, 3.8) is 0 Å². The fourth-order valence-corrected chi connectivity index (χ4v) is 1.27. The quantitative estimate of drug-likeness (QED) is 0.411. The summed E-state index contributed by atoms with van der Waals surface area (Å²) in [7, 11) is 1.73. The number of likely N-dealkylation sites (N-methyl/N-ethyl adjacent to an activating group) is 1. The highest BCUT2D eigenvalue weighted by atomic mass is 16.4. The lowest BCUT2D eigenvalue weighted by molar-refractivity contribution is -0.143. The highest BCUT2D eigenvalue weighted by Gasteiger charge is 2.08. The lowest BCUT2D eigenvalue weighted by Crippen LogP contribution is -2.16. The molecule has 0 saturated heterocycles. The van der Waals surface area contributed by atoms with Crippen molar-refractivity contribution in [1.29, 1.82) is 0 Å². The molecule has 0 amide bonds. The standard InChI is InChI=1S/C9H13NO3.C4H6O4/c1-10-5-9(13)6-2-3-7(11)8(12)4-6;5-3(6)1-2-4(7)8/h2-4,9-13H,5H2,1H3;1-2H2,(H,5,6)(H,7,8)/t9-;/m0./s1. The summed E-state index contributed by atoms with van der Waals surface area (Å²) in [5.41, 5.74) is 0.574. The summed E-state index contributed by atoms with van der Waals surface area (Å²) >= 11 is 0. The average Bonchev–Trinajstić information content (AvgIpc) is 2.40. The Morgan fingerprint density at radius 3 is 2.00 bits per heavy atom. The monoisotopic (exact) mass is 301 g/mol. The van der Waals surface area contributed by atoms with Crippen LogP contribution in [0.3, 0.4) is 0 Å². The zero-order valence-corrected chi connectivity index (χ0v) is 11.5. The van der Waals surface area contributed by atoms with Crippen molar-refractivity contribution < 1.29 is 35.1 Å². The van der Waals surface area contributed by atoms with Crippen molar-refractivity contribution in [2.45, 2.75) is 18.9 Å². The van der Waals surface area contributed by atoms with Gasteiger partial charge in [0.1, 0.15) is 0 Å². The van der Waals surface area contributed by atoms with E-state index >= 15 is 0 Å². The number of aliphatic hydroxyl groups excluding tert-OH is 1. The zero-order chi connectivity index (χ0) is 16.4. The van der Waals surface area contributed by atoms with Crippen LogP contribution in [0.4, 0.5) is 0 Å². The molecular formula is C13H19NO7. The predicted octanol–water partition coefficient (Wildman–Crippen LogP) is 0.286. The van der Waals surface area contributed by atoms with Crippen molar-refractivity contribution in [2.24, 2.45) is 0 Å². The summed E-state index contributed by atoms with van der Waals surface area (Å²) in [6.45, 7) is 0.407. The number of phenolic OH excluding ortho intramolecular Hbond substituents is 2. The lowest BCUT2D eigenvalue weighted by Gasteiger charge is -2.10. The van der Waals surface area contributed by atoms with Crippen LogP contribution in [0, 0.1) is 0 Å². The number of aromatic hydroxyl groups is 2. The SMILES string of the molecule is CNC[C@H](O)c1ccc(O)c(O)c1.O=C(O)CCC(=O)O. The minimum atomic E-state index is -1.08. The molecule has 0 radical (unpaired) electrons. The number of benzene rings is 1. The van der Waals surface area contributed by atoms with Crippen molar-refractivity contribution in [3.05, 3.63) is 23.8 Å². The predicted molar refractivity (Wildman–Crippen MR) is 73.2 cm³/mol. The van der Waals surface area contributed by atoms with Crippen LogP contribution in [0.5, 0.6) is 11.5 Å². The fourth-order valence-electron chi connectivity index (χ4n) is 1.27. The van der Waals surface area contributed by atoms with E-state index in [0.717, 1.165) is 0 Å². The van der Waals surface area contributed by atoms with Gasteiger partial charge < -0.3 is 30.8 Å². The van der Waals surface area contributed by atoms with Crippen molar-refractivity contribution in [2.75, 3.05) is 13.6 Å². The first-order valence-corrected chi connectivity index (χ1v) is 6.06. The molecule has 0 spiro atoms. The Bertz CT molecular complexity index is 462. The molecule has 8 nitrogen and oxygen atoms in total. The average molecular weight is 301 g/mol. The Balaban J connectivity index is 0.000000433. The first-order chi connectivity index (χ1) is 9.77. The summed E-state index contributed by atoms with van der Waals surface area (Å²) in [6, 6.07) is 4.26. The minimum absolute atomic E-state index is 0.180. The summed E-state index contributed by atoms with van der Waals surface area (Å²) < 4.78 is 0. The molecule has 6 N–H and O–H groups in total. The Hall–Kier alpha value is -2.32. The third kappa shape index (κ3) is 8.45. The molecule has 0 fully saturated rings. The van der Waals surface area contributed by atoms with Gasteiger partial charge in [-0.15, -0.1) is 0 Å². The summed E-state index contributed by atoms with van der Waals surface area (Å²) in [6.07, 6.45) is -1.26. The molecule has 1 aromatic rings. The normalized spacial score (nSPS) is 11.1. The fraction of sp³-hybridized carbons (Fsp3) is 0.385. The highest BCUT2D eigenvalue weighted by molar-refractivity contribution is 5.75. The molecule has 0 saturated carbocycles. The molecule has 1 rings (SSSR count). The van der Waals surface area contributed by atoms with Crippen LogP contribution in [0.25, 0.3) is 0 Å². The van der Waals surface area contributed by atoms with E-state index in [0.29, 0.717) is 12.1 Å². The molecule has 21 heavy (non-hydrogen) atoms. The smallest absolute Gasteiger partial charge is 0.303 e. The topological polar surface area (TPSA) is 147 Å². The first-order valence-electron chi connectivity index (χ1n) is 6.06. The Morgan fingerprint density at radius 2 is 1.62 bits per heavy atom. The van der Waals surface area contributed by atoms with E-state index in [1.165, 1.54) is 12.1 Å². The van der Waals surface area contributed by atoms with Crippen LogP contribution in [-0.4, -0.2) is 51.1 Å². The Kier molecular flexibility index (Phi) is 8.51. The number of carboxylic acids is 2. The van der Waals surface area contributed by atoms with Crippen LogP contribution < -0.4 is 5.32 Å². The van der Waals surface area contributed by atoms with E-state index in [4.69, 9.17) is 20.4 Å². The maximum absolute atomic E-state index is 9.64. The number of phenols is 2. The van der Waals surface area contributed by atoms with Crippen molar-refractivity contribution >= 4 is 11.9 Å². The van der Waals surface area contributed by atoms with Gasteiger partial charge in [-0.2, -0.15) is 0 Å². The van der Waals surface area contributed by atoms with Crippen LogP contribution >= 0.6 is 0 Å². The maximum atomic E-state index is 9.64. The van der Waals surface area contributed by atoms with Gasteiger partial charge in [-0.1, -0.05) is 6.07 Å². The molecule has 0 aliphatic carbocycles. The number of carbonyl (C=O) groups is 2. The molecule has 1 aromatic carbocycles. The lowest BCUT2D eigenvalue weighted by atomic mass is 10.1. The maximum Gasteiger partial charge on any atom is 0.303 e. The highest BCUT2D eigenvalue weighted by Crippen LogP contribution is 2.27. The second kappa shape index (κ2) is 9.56. The van der Waals surface area contributed by atoms with Gasteiger partial charge in [0.2, 0.25) is 0 Å². The van der Waals surface area contributed by atoms with Crippen LogP contribution in [0.1, 0.15) is 24.5 Å². The summed E-state index contributed by atoms with van der Waals surface area (Å²) in [5, 5.41) is 46.2. The second-order valence-electron chi connectivity index (χ2n) is 4.11. The van der Waals surface area contributed by atoms with E-state index in [-0.39, 0.29) is 24.3 Å². The van der Waals surface area contributed by atoms with Gasteiger partial charge in [0.25, 0.3) is 0 Å². The van der Waals surface area contributed by atoms with Crippen molar-refractivity contribution in [3.8, 4) is 11.5 Å². The molecule has 0 bridgehead atoms. The number of aliphatic hydroxyl groups is 1. The van der Waals surface area contributed by atoms with Gasteiger partial charge in [-0.25, -0.2) is 0 Å². The molecule has 118 valence electrons. The van der Waals surface area contributed by atoms with Crippen molar-refractivity contribution in [1.82, 2.24) is 5.32 Å². The van der Waals surface area contributed by atoms with E-state index in [1.54, 1.807) is 13.1 Å². The van der Waals surface area contributed by atoms with Gasteiger partial charge in [0, 0.05) is 6.54 Å². The molecule has 0 aliphatic heterocycles. The van der Waals surface area contributed by atoms with Crippen LogP contribution in [-0.2, 0) is 9.59 Å². The molecular weight excluding hydrogens is 282 g/mol. The molecule has 0 unspecified atom stereocenters. The molecule has 0 aliphatic rings. The molecule has 8 heteroatoms. The molecule has 1 atom stereocenters. The number of hydrogen-bond acceptors (Lipinski definition) is 6. The second-order valence-corrected chi connectivity index (χ2v) is 4.11. The van der Waals surface area contributed by atoms with E-state index in [2.05, 4.69) is 5.32 Å². The number of carboxylic acid groups (broad SMARTS) is 2. The summed E-state index contributed by atoms with van der Waals surface area (Å²) in [4.78, 5) is 19.3. The minimum Gasteiger partial charge on any atom is -0.504 e.